The molecule has 0 saturated heterocycles. The molecule has 0 heterocycles. The number of alkyl halides is 1. The molecule has 0 fully saturated rings. The second-order valence-corrected chi connectivity index (χ2v) is 4.01. The Morgan fingerprint density at radius 2 is 1.76 bits per heavy atom. The van der Waals surface area contributed by atoms with Crippen molar-refractivity contribution in [3.05, 3.63) is 59.7 Å². The lowest BCUT2D eigenvalue weighted by Crippen LogP contribution is -1.91. The Hall–Kier alpha value is -1.42. The minimum absolute atomic E-state index is 0.328. The SMILES string of the molecule is Fc1cccc(Oc2ccc(F)cc2CBr)c1. The van der Waals surface area contributed by atoms with Gasteiger partial charge in [-0.2, -0.15) is 0 Å². The summed E-state index contributed by atoms with van der Waals surface area (Å²) in [5, 5.41) is 0.468. The van der Waals surface area contributed by atoms with E-state index in [-0.39, 0.29) is 11.6 Å². The van der Waals surface area contributed by atoms with Crippen LogP contribution in [-0.2, 0) is 5.33 Å². The molecule has 0 saturated carbocycles. The molecule has 0 aliphatic heterocycles. The number of halogens is 3. The average Bonchev–Trinajstić information content (AvgIpc) is 2.31. The Bertz CT molecular complexity index is 529. The van der Waals surface area contributed by atoms with Gasteiger partial charge in [0.05, 0.1) is 0 Å². The van der Waals surface area contributed by atoms with E-state index in [1.54, 1.807) is 12.1 Å². The van der Waals surface area contributed by atoms with Gasteiger partial charge in [-0.25, -0.2) is 8.78 Å². The van der Waals surface area contributed by atoms with Crippen molar-refractivity contribution in [2.45, 2.75) is 5.33 Å². The molecule has 0 spiro atoms. The predicted molar refractivity (Wildman–Crippen MR) is 65.5 cm³/mol. The second-order valence-electron chi connectivity index (χ2n) is 3.45. The van der Waals surface area contributed by atoms with Crippen LogP contribution in [0.25, 0.3) is 0 Å². The van der Waals surface area contributed by atoms with Crippen LogP contribution in [0, 0.1) is 11.6 Å². The van der Waals surface area contributed by atoms with Crippen molar-refractivity contribution in [1.82, 2.24) is 0 Å². The summed E-state index contributed by atoms with van der Waals surface area (Å²) in [5.41, 5.74) is 0.675. The number of hydrogen-bond donors (Lipinski definition) is 0. The topological polar surface area (TPSA) is 9.23 Å². The first-order chi connectivity index (χ1) is 8.19. The van der Waals surface area contributed by atoms with E-state index in [1.807, 2.05) is 0 Å². The Balaban J connectivity index is 2.29. The minimum Gasteiger partial charge on any atom is -0.457 e. The van der Waals surface area contributed by atoms with Crippen molar-refractivity contribution in [3.63, 3.8) is 0 Å². The molecular formula is C13H9BrF2O. The summed E-state index contributed by atoms with van der Waals surface area (Å²) in [6, 6.07) is 10.0. The lowest BCUT2D eigenvalue weighted by atomic mass is 10.2. The molecule has 0 atom stereocenters. The summed E-state index contributed by atoms with van der Waals surface area (Å²) in [6.45, 7) is 0. The smallest absolute Gasteiger partial charge is 0.131 e. The Morgan fingerprint density at radius 1 is 1.00 bits per heavy atom. The summed E-state index contributed by atoms with van der Waals surface area (Å²) >= 11 is 3.25. The van der Waals surface area contributed by atoms with Gasteiger partial charge >= 0.3 is 0 Å². The Kier molecular flexibility index (Phi) is 3.74. The lowest BCUT2D eigenvalue weighted by molar-refractivity contribution is 0.471. The molecule has 2 rings (SSSR count). The summed E-state index contributed by atoms with van der Waals surface area (Å²) < 4.78 is 31.5. The highest BCUT2D eigenvalue weighted by Crippen LogP contribution is 2.27. The fourth-order valence-corrected chi connectivity index (χ4v) is 1.85. The molecule has 0 radical (unpaired) electrons. The Labute approximate surface area is 106 Å². The maximum Gasteiger partial charge on any atom is 0.131 e. The molecule has 0 amide bonds. The third kappa shape index (κ3) is 3.03. The van der Waals surface area contributed by atoms with Crippen LogP contribution in [0.1, 0.15) is 5.56 Å². The highest BCUT2D eigenvalue weighted by Gasteiger charge is 2.06. The fraction of sp³-hybridized carbons (Fsp3) is 0.0769. The molecule has 0 unspecified atom stereocenters. The molecule has 0 N–H and O–H groups in total. The largest absolute Gasteiger partial charge is 0.457 e. The monoisotopic (exact) mass is 298 g/mol. The summed E-state index contributed by atoms with van der Waals surface area (Å²) in [4.78, 5) is 0. The van der Waals surface area contributed by atoms with Crippen LogP contribution in [-0.4, -0.2) is 0 Å². The Morgan fingerprint density at radius 3 is 2.47 bits per heavy atom. The van der Waals surface area contributed by atoms with Gasteiger partial charge in [0.25, 0.3) is 0 Å². The minimum atomic E-state index is -0.370. The van der Waals surface area contributed by atoms with Gasteiger partial charge in [0, 0.05) is 17.0 Å². The van der Waals surface area contributed by atoms with Gasteiger partial charge in [0.1, 0.15) is 23.1 Å². The first-order valence-corrected chi connectivity index (χ1v) is 6.09. The van der Waals surface area contributed by atoms with Crippen molar-refractivity contribution < 1.29 is 13.5 Å². The van der Waals surface area contributed by atoms with Gasteiger partial charge in [0.15, 0.2) is 0 Å². The van der Waals surface area contributed by atoms with Crippen LogP contribution >= 0.6 is 15.9 Å². The van der Waals surface area contributed by atoms with E-state index in [0.29, 0.717) is 22.4 Å². The van der Waals surface area contributed by atoms with E-state index in [4.69, 9.17) is 4.74 Å². The number of ether oxygens (including phenoxy) is 1. The summed E-state index contributed by atoms with van der Waals surface area (Å²) in [6.07, 6.45) is 0. The molecule has 0 aliphatic carbocycles. The van der Waals surface area contributed by atoms with Crippen LogP contribution in [0.15, 0.2) is 42.5 Å². The van der Waals surface area contributed by atoms with Gasteiger partial charge < -0.3 is 4.74 Å². The van der Waals surface area contributed by atoms with E-state index in [0.717, 1.165) is 0 Å². The van der Waals surface area contributed by atoms with Crippen molar-refractivity contribution >= 4 is 15.9 Å². The molecule has 0 aliphatic rings. The maximum absolute atomic E-state index is 13.0. The molecule has 0 bridgehead atoms. The normalized spacial score (nSPS) is 10.3. The number of rotatable bonds is 3. The molecule has 2 aromatic rings. The van der Waals surface area contributed by atoms with Gasteiger partial charge in [-0.1, -0.05) is 22.0 Å². The molecule has 2 aromatic carbocycles. The molecule has 1 nitrogen and oxygen atoms in total. The highest BCUT2D eigenvalue weighted by atomic mass is 79.9. The maximum atomic E-state index is 13.0. The summed E-state index contributed by atoms with van der Waals surface area (Å²) in [7, 11) is 0. The highest BCUT2D eigenvalue weighted by molar-refractivity contribution is 9.08. The molecular weight excluding hydrogens is 290 g/mol. The number of benzene rings is 2. The van der Waals surface area contributed by atoms with E-state index in [9.17, 15) is 8.78 Å². The van der Waals surface area contributed by atoms with Crippen molar-refractivity contribution in [2.24, 2.45) is 0 Å². The lowest BCUT2D eigenvalue weighted by Gasteiger charge is -2.09. The molecule has 17 heavy (non-hydrogen) atoms. The molecule has 88 valence electrons. The van der Waals surface area contributed by atoms with Crippen molar-refractivity contribution in [3.8, 4) is 11.5 Å². The van der Waals surface area contributed by atoms with Gasteiger partial charge in [-0.15, -0.1) is 0 Å². The van der Waals surface area contributed by atoms with Crippen molar-refractivity contribution in [1.29, 1.82) is 0 Å². The fourth-order valence-electron chi connectivity index (χ4n) is 1.41. The predicted octanol–water partition coefficient (Wildman–Crippen LogP) is 4.65. The third-order valence-electron chi connectivity index (χ3n) is 2.19. The van der Waals surface area contributed by atoms with Gasteiger partial charge in [-0.3, -0.25) is 0 Å². The standard InChI is InChI=1S/C13H9BrF2O/c14-8-9-6-11(16)4-5-13(9)17-12-3-1-2-10(15)7-12/h1-7H,8H2. The van der Waals surface area contributed by atoms with Crippen molar-refractivity contribution in [2.75, 3.05) is 0 Å². The van der Waals surface area contributed by atoms with Crippen LogP contribution < -0.4 is 4.74 Å². The molecule has 0 aromatic heterocycles. The third-order valence-corrected chi connectivity index (χ3v) is 2.79. The average molecular weight is 299 g/mol. The zero-order valence-electron chi connectivity index (χ0n) is 8.79. The van der Waals surface area contributed by atoms with Crippen LogP contribution in [0.5, 0.6) is 11.5 Å². The van der Waals surface area contributed by atoms with Crippen LogP contribution in [0.2, 0.25) is 0 Å². The quantitative estimate of drug-likeness (QED) is 0.749. The first-order valence-electron chi connectivity index (χ1n) is 4.97. The zero-order valence-corrected chi connectivity index (χ0v) is 10.4. The zero-order chi connectivity index (χ0) is 12.3. The van der Waals surface area contributed by atoms with Gasteiger partial charge in [0.2, 0.25) is 0 Å². The van der Waals surface area contributed by atoms with E-state index < -0.39 is 0 Å². The van der Waals surface area contributed by atoms with E-state index >= 15 is 0 Å². The number of hydrogen-bond acceptors (Lipinski definition) is 1. The van der Waals surface area contributed by atoms with Crippen LogP contribution in [0.4, 0.5) is 8.78 Å². The van der Waals surface area contributed by atoms with Gasteiger partial charge in [-0.05, 0) is 30.3 Å². The summed E-state index contributed by atoms with van der Waals surface area (Å²) in [5.74, 6) is 0.198. The van der Waals surface area contributed by atoms with E-state index in [1.165, 1.54) is 30.3 Å². The first kappa shape index (κ1) is 12.0. The van der Waals surface area contributed by atoms with Crippen LogP contribution in [0.3, 0.4) is 0 Å². The second kappa shape index (κ2) is 5.27. The molecule has 4 heteroatoms. The van der Waals surface area contributed by atoms with E-state index in [2.05, 4.69) is 15.9 Å².